The SMILES string of the molecule is Fc1ccc(C(c2cc3ccccc3s2)N2CCCNCC2)cc1. The van der Waals surface area contributed by atoms with E-state index in [9.17, 15) is 4.39 Å². The summed E-state index contributed by atoms with van der Waals surface area (Å²) in [7, 11) is 0. The Morgan fingerprint density at radius 1 is 1.00 bits per heavy atom. The van der Waals surface area contributed by atoms with E-state index in [0.717, 1.165) is 32.6 Å². The lowest BCUT2D eigenvalue weighted by Gasteiger charge is -2.30. The van der Waals surface area contributed by atoms with Gasteiger partial charge in [0.25, 0.3) is 0 Å². The van der Waals surface area contributed by atoms with Crippen molar-refractivity contribution in [2.75, 3.05) is 26.2 Å². The Hall–Kier alpha value is -1.75. The summed E-state index contributed by atoms with van der Waals surface area (Å²) >= 11 is 1.85. The summed E-state index contributed by atoms with van der Waals surface area (Å²) in [6, 6.07) is 18.0. The summed E-state index contributed by atoms with van der Waals surface area (Å²) in [5.74, 6) is -0.175. The summed E-state index contributed by atoms with van der Waals surface area (Å²) in [5, 5.41) is 4.76. The largest absolute Gasteiger partial charge is 0.315 e. The van der Waals surface area contributed by atoms with Gasteiger partial charge >= 0.3 is 0 Å². The zero-order valence-corrected chi connectivity index (χ0v) is 14.4. The Labute approximate surface area is 145 Å². The number of benzene rings is 2. The molecule has 0 amide bonds. The number of halogens is 1. The highest BCUT2D eigenvalue weighted by molar-refractivity contribution is 7.19. The molecular formula is C20H21FN2S. The van der Waals surface area contributed by atoms with E-state index in [1.807, 2.05) is 23.5 Å². The number of hydrogen-bond donors (Lipinski definition) is 1. The minimum atomic E-state index is -0.175. The van der Waals surface area contributed by atoms with Crippen molar-refractivity contribution in [2.24, 2.45) is 0 Å². The molecule has 24 heavy (non-hydrogen) atoms. The first-order chi connectivity index (χ1) is 11.8. The van der Waals surface area contributed by atoms with E-state index in [-0.39, 0.29) is 11.9 Å². The molecule has 2 aromatic carbocycles. The molecule has 0 radical (unpaired) electrons. The zero-order valence-electron chi connectivity index (χ0n) is 13.5. The maximum atomic E-state index is 13.4. The van der Waals surface area contributed by atoms with Crippen molar-refractivity contribution in [1.82, 2.24) is 10.2 Å². The van der Waals surface area contributed by atoms with Gasteiger partial charge in [-0.2, -0.15) is 0 Å². The normalized spacial score (nSPS) is 17.7. The van der Waals surface area contributed by atoms with Crippen LogP contribution in [0, 0.1) is 5.82 Å². The highest BCUT2D eigenvalue weighted by atomic mass is 32.1. The summed E-state index contributed by atoms with van der Waals surface area (Å²) < 4.78 is 14.7. The van der Waals surface area contributed by atoms with Gasteiger partial charge in [-0.1, -0.05) is 30.3 Å². The topological polar surface area (TPSA) is 15.3 Å². The van der Waals surface area contributed by atoms with E-state index in [1.54, 1.807) is 12.1 Å². The van der Waals surface area contributed by atoms with E-state index in [1.165, 1.54) is 20.5 Å². The number of thiophene rings is 1. The van der Waals surface area contributed by atoms with Crippen molar-refractivity contribution < 1.29 is 4.39 Å². The predicted octanol–water partition coefficient (Wildman–Crippen LogP) is 4.43. The molecule has 3 aromatic rings. The van der Waals surface area contributed by atoms with E-state index in [2.05, 4.69) is 40.5 Å². The van der Waals surface area contributed by atoms with Crippen LogP contribution in [0.4, 0.5) is 4.39 Å². The molecule has 4 heteroatoms. The highest BCUT2D eigenvalue weighted by Gasteiger charge is 2.25. The lowest BCUT2D eigenvalue weighted by Crippen LogP contribution is -2.32. The van der Waals surface area contributed by atoms with Gasteiger partial charge in [-0.3, -0.25) is 4.90 Å². The van der Waals surface area contributed by atoms with Crippen LogP contribution in [-0.4, -0.2) is 31.1 Å². The fourth-order valence-corrected chi connectivity index (χ4v) is 4.69. The fraction of sp³-hybridized carbons (Fsp3) is 0.300. The van der Waals surface area contributed by atoms with Crippen molar-refractivity contribution >= 4 is 21.4 Å². The Balaban J connectivity index is 1.77. The smallest absolute Gasteiger partial charge is 0.123 e. The van der Waals surface area contributed by atoms with Gasteiger partial charge in [0.05, 0.1) is 6.04 Å². The summed E-state index contributed by atoms with van der Waals surface area (Å²) in [4.78, 5) is 3.86. The van der Waals surface area contributed by atoms with E-state index in [4.69, 9.17) is 0 Å². The molecule has 1 saturated heterocycles. The van der Waals surface area contributed by atoms with Gasteiger partial charge in [0, 0.05) is 29.2 Å². The molecule has 124 valence electrons. The van der Waals surface area contributed by atoms with Crippen LogP contribution in [-0.2, 0) is 0 Å². The molecule has 2 nitrogen and oxygen atoms in total. The molecule has 2 heterocycles. The standard InChI is InChI=1S/C20H21FN2S/c21-17-8-6-15(7-9-17)20(23-12-3-10-22-11-13-23)19-14-16-4-1-2-5-18(16)24-19/h1-2,4-9,14,20,22H,3,10-13H2. The van der Waals surface area contributed by atoms with Gasteiger partial charge in [-0.05, 0) is 48.2 Å². The first kappa shape index (κ1) is 15.8. The molecule has 1 unspecified atom stereocenters. The van der Waals surface area contributed by atoms with Crippen molar-refractivity contribution in [2.45, 2.75) is 12.5 Å². The molecule has 1 N–H and O–H groups in total. The second kappa shape index (κ2) is 7.01. The molecule has 0 saturated carbocycles. The molecule has 0 bridgehead atoms. The Kier molecular flexibility index (Phi) is 4.60. The number of nitrogens with one attached hydrogen (secondary N) is 1. The van der Waals surface area contributed by atoms with Gasteiger partial charge in [-0.15, -0.1) is 11.3 Å². The second-order valence-electron chi connectivity index (χ2n) is 6.28. The molecule has 1 fully saturated rings. The number of nitrogens with zero attached hydrogens (tertiary/aromatic N) is 1. The van der Waals surface area contributed by atoms with E-state index < -0.39 is 0 Å². The maximum Gasteiger partial charge on any atom is 0.123 e. The molecule has 1 aliphatic rings. The summed E-state index contributed by atoms with van der Waals surface area (Å²) in [6.07, 6.45) is 1.14. The summed E-state index contributed by atoms with van der Waals surface area (Å²) in [6.45, 7) is 4.14. The van der Waals surface area contributed by atoms with Crippen LogP contribution in [0.15, 0.2) is 54.6 Å². The van der Waals surface area contributed by atoms with E-state index in [0.29, 0.717) is 0 Å². The third-order valence-corrected chi connectivity index (χ3v) is 5.81. The van der Waals surface area contributed by atoms with Crippen molar-refractivity contribution in [3.8, 4) is 0 Å². The Morgan fingerprint density at radius 3 is 2.67 bits per heavy atom. The third-order valence-electron chi connectivity index (χ3n) is 4.64. The Morgan fingerprint density at radius 2 is 1.83 bits per heavy atom. The lowest BCUT2D eigenvalue weighted by atomic mass is 10.0. The minimum absolute atomic E-state index is 0.175. The van der Waals surface area contributed by atoms with Crippen LogP contribution in [0.2, 0.25) is 0 Å². The molecule has 4 rings (SSSR count). The first-order valence-electron chi connectivity index (χ1n) is 8.50. The number of hydrogen-bond acceptors (Lipinski definition) is 3. The highest BCUT2D eigenvalue weighted by Crippen LogP contribution is 2.37. The van der Waals surface area contributed by atoms with Gasteiger partial charge < -0.3 is 5.32 Å². The fourth-order valence-electron chi connectivity index (χ4n) is 3.46. The molecule has 1 aromatic heterocycles. The molecule has 1 atom stereocenters. The van der Waals surface area contributed by atoms with Crippen LogP contribution in [0.25, 0.3) is 10.1 Å². The minimum Gasteiger partial charge on any atom is -0.315 e. The molecule has 0 spiro atoms. The molecule has 0 aliphatic carbocycles. The van der Waals surface area contributed by atoms with Crippen LogP contribution < -0.4 is 5.32 Å². The van der Waals surface area contributed by atoms with Gasteiger partial charge in [0.1, 0.15) is 5.82 Å². The maximum absolute atomic E-state index is 13.4. The van der Waals surface area contributed by atoms with Crippen molar-refractivity contribution in [3.63, 3.8) is 0 Å². The Bertz CT molecular complexity index is 771. The summed E-state index contributed by atoms with van der Waals surface area (Å²) in [5.41, 5.74) is 1.17. The predicted molar refractivity (Wildman–Crippen MR) is 99.1 cm³/mol. The number of fused-ring (bicyclic) bond motifs is 1. The first-order valence-corrected chi connectivity index (χ1v) is 9.31. The molecular weight excluding hydrogens is 319 g/mol. The molecule has 1 aliphatic heterocycles. The second-order valence-corrected chi connectivity index (χ2v) is 7.40. The van der Waals surface area contributed by atoms with Gasteiger partial charge in [0.15, 0.2) is 0 Å². The van der Waals surface area contributed by atoms with Gasteiger partial charge in [-0.25, -0.2) is 4.39 Å². The van der Waals surface area contributed by atoms with Crippen LogP contribution in [0.5, 0.6) is 0 Å². The zero-order chi connectivity index (χ0) is 16.4. The van der Waals surface area contributed by atoms with Crippen LogP contribution >= 0.6 is 11.3 Å². The van der Waals surface area contributed by atoms with E-state index >= 15 is 0 Å². The van der Waals surface area contributed by atoms with Crippen molar-refractivity contribution in [3.05, 3.63) is 70.9 Å². The quantitative estimate of drug-likeness (QED) is 0.759. The van der Waals surface area contributed by atoms with Crippen LogP contribution in [0.3, 0.4) is 0 Å². The average molecular weight is 340 g/mol. The third kappa shape index (κ3) is 3.22. The van der Waals surface area contributed by atoms with Crippen molar-refractivity contribution in [1.29, 1.82) is 0 Å². The van der Waals surface area contributed by atoms with Gasteiger partial charge in [0.2, 0.25) is 0 Å². The number of rotatable bonds is 3. The lowest BCUT2D eigenvalue weighted by molar-refractivity contribution is 0.244. The average Bonchev–Trinajstić information content (AvgIpc) is 2.84. The van der Waals surface area contributed by atoms with Crippen LogP contribution in [0.1, 0.15) is 22.9 Å². The monoisotopic (exact) mass is 340 g/mol.